The van der Waals surface area contributed by atoms with Crippen LogP contribution in [-0.2, 0) is 22.6 Å². The monoisotopic (exact) mass is 572 g/mol. The second kappa shape index (κ2) is 13.2. The van der Waals surface area contributed by atoms with Crippen LogP contribution >= 0.6 is 0 Å². The molecule has 0 amide bonds. The number of nitrogens with two attached hydrogens (primary N) is 1. The van der Waals surface area contributed by atoms with E-state index in [4.69, 9.17) is 15.2 Å². The number of fused-ring (bicyclic) bond motifs is 1. The van der Waals surface area contributed by atoms with E-state index in [2.05, 4.69) is 110 Å². The molecule has 1 fully saturated rings. The van der Waals surface area contributed by atoms with Gasteiger partial charge in [0.05, 0.1) is 18.8 Å². The Labute approximate surface area is 254 Å². The first kappa shape index (κ1) is 29.2. The third-order valence-corrected chi connectivity index (χ3v) is 8.70. The molecule has 1 aliphatic heterocycles. The molecule has 6 rings (SSSR count). The van der Waals surface area contributed by atoms with Crippen molar-refractivity contribution in [3.63, 3.8) is 0 Å². The standard InChI is InChI=1S/C38H40N2O3/c1-26(33-19-16-29-7-3-4-8-35(29)21-33)40(2)24-36-22-37(31-12-10-27(25-41)11-13-31)43-38(42-36)32-17-14-30(15-18-32)34-9-5-6-28(20-34)23-39/h3-21,26,36-38,41H,22-25,39H2,1-2H3/t26-,36-,37+,38+/m1/s1. The Bertz CT molecular complexity index is 1650. The summed E-state index contributed by atoms with van der Waals surface area (Å²) in [6, 6.07) is 40.3. The average molecular weight is 573 g/mol. The van der Waals surface area contributed by atoms with Crippen molar-refractivity contribution < 1.29 is 14.6 Å². The van der Waals surface area contributed by atoms with E-state index < -0.39 is 6.29 Å². The summed E-state index contributed by atoms with van der Waals surface area (Å²) in [5, 5.41) is 12.1. The maximum Gasteiger partial charge on any atom is 0.184 e. The first-order chi connectivity index (χ1) is 21.0. The predicted octanol–water partition coefficient (Wildman–Crippen LogP) is 7.70. The molecule has 220 valence electrons. The molecule has 4 atom stereocenters. The van der Waals surface area contributed by atoms with Crippen molar-refractivity contribution in [2.75, 3.05) is 13.6 Å². The highest BCUT2D eigenvalue weighted by molar-refractivity contribution is 5.83. The zero-order valence-electron chi connectivity index (χ0n) is 24.9. The molecule has 1 heterocycles. The van der Waals surface area contributed by atoms with Crippen LogP contribution in [0.25, 0.3) is 21.9 Å². The average Bonchev–Trinajstić information content (AvgIpc) is 3.07. The Balaban J connectivity index is 1.23. The maximum absolute atomic E-state index is 9.55. The fraction of sp³-hybridized carbons (Fsp3) is 0.263. The van der Waals surface area contributed by atoms with Crippen molar-refractivity contribution in [3.8, 4) is 11.1 Å². The highest BCUT2D eigenvalue weighted by atomic mass is 16.7. The summed E-state index contributed by atoms with van der Waals surface area (Å²) >= 11 is 0. The molecule has 0 radical (unpaired) electrons. The Morgan fingerprint density at radius 3 is 2.26 bits per heavy atom. The van der Waals surface area contributed by atoms with Crippen LogP contribution in [0.15, 0.2) is 115 Å². The van der Waals surface area contributed by atoms with Crippen LogP contribution in [-0.4, -0.2) is 29.7 Å². The van der Waals surface area contributed by atoms with Crippen molar-refractivity contribution in [3.05, 3.63) is 143 Å². The molecule has 0 spiro atoms. The van der Waals surface area contributed by atoms with Crippen LogP contribution in [0, 0.1) is 0 Å². The van der Waals surface area contributed by atoms with Gasteiger partial charge in [-0.3, -0.25) is 4.90 Å². The van der Waals surface area contributed by atoms with E-state index in [-0.39, 0.29) is 24.9 Å². The molecule has 1 saturated heterocycles. The van der Waals surface area contributed by atoms with Crippen LogP contribution < -0.4 is 5.73 Å². The van der Waals surface area contributed by atoms with Crippen LogP contribution in [0.1, 0.15) is 59.6 Å². The van der Waals surface area contributed by atoms with Crippen LogP contribution in [0.4, 0.5) is 0 Å². The smallest absolute Gasteiger partial charge is 0.184 e. The fourth-order valence-corrected chi connectivity index (χ4v) is 5.95. The lowest BCUT2D eigenvalue weighted by atomic mass is 9.98. The molecular weight excluding hydrogens is 532 g/mol. The van der Waals surface area contributed by atoms with Gasteiger partial charge in [0.1, 0.15) is 0 Å². The highest BCUT2D eigenvalue weighted by Crippen LogP contribution is 2.39. The van der Waals surface area contributed by atoms with Crippen molar-refractivity contribution in [2.24, 2.45) is 5.73 Å². The van der Waals surface area contributed by atoms with Gasteiger partial charge in [-0.05, 0) is 70.3 Å². The number of rotatable bonds is 9. The van der Waals surface area contributed by atoms with Gasteiger partial charge in [0.2, 0.25) is 0 Å². The van der Waals surface area contributed by atoms with E-state index >= 15 is 0 Å². The van der Waals surface area contributed by atoms with E-state index in [0.717, 1.165) is 46.3 Å². The lowest BCUT2D eigenvalue weighted by Gasteiger charge is -2.39. The third-order valence-electron chi connectivity index (χ3n) is 8.70. The van der Waals surface area contributed by atoms with E-state index in [1.807, 2.05) is 24.3 Å². The van der Waals surface area contributed by atoms with Gasteiger partial charge in [-0.25, -0.2) is 0 Å². The molecule has 0 aromatic heterocycles. The first-order valence-electron chi connectivity index (χ1n) is 15.1. The summed E-state index contributed by atoms with van der Waals surface area (Å²) in [5.74, 6) is 0. The normalized spacial score (nSPS) is 19.5. The Morgan fingerprint density at radius 2 is 1.51 bits per heavy atom. The molecule has 5 aromatic carbocycles. The molecule has 3 N–H and O–H groups in total. The number of aliphatic hydroxyl groups excluding tert-OH is 1. The SMILES string of the molecule is C[C@H](c1ccc2ccccc2c1)N(C)C[C@H]1C[C@@H](c2ccc(CO)cc2)O[C@@H](c2ccc(-c3cccc(CN)c3)cc2)O1. The van der Waals surface area contributed by atoms with E-state index in [9.17, 15) is 5.11 Å². The van der Waals surface area contributed by atoms with Gasteiger partial charge in [0, 0.05) is 31.1 Å². The Kier molecular flexibility index (Phi) is 8.98. The lowest BCUT2D eigenvalue weighted by Crippen LogP contribution is -2.38. The summed E-state index contributed by atoms with van der Waals surface area (Å²) in [7, 11) is 2.17. The summed E-state index contributed by atoms with van der Waals surface area (Å²) < 4.78 is 13.3. The second-order valence-corrected chi connectivity index (χ2v) is 11.6. The molecule has 1 aliphatic rings. The van der Waals surface area contributed by atoms with Gasteiger partial charge in [0.15, 0.2) is 6.29 Å². The Morgan fingerprint density at radius 1 is 0.767 bits per heavy atom. The highest BCUT2D eigenvalue weighted by Gasteiger charge is 2.33. The molecule has 0 saturated carbocycles. The summed E-state index contributed by atoms with van der Waals surface area (Å²) in [6.07, 6.45) is 0.0974. The summed E-state index contributed by atoms with van der Waals surface area (Å²) in [4.78, 5) is 2.37. The molecule has 43 heavy (non-hydrogen) atoms. The zero-order chi connectivity index (χ0) is 29.8. The second-order valence-electron chi connectivity index (χ2n) is 11.6. The quantitative estimate of drug-likeness (QED) is 0.189. The largest absolute Gasteiger partial charge is 0.392 e. The van der Waals surface area contributed by atoms with Crippen LogP contribution in [0.5, 0.6) is 0 Å². The van der Waals surface area contributed by atoms with Gasteiger partial charge < -0.3 is 20.3 Å². The predicted molar refractivity (Wildman–Crippen MR) is 173 cm³/mol. The Hall–Kier alpha value is -3.84. The van der Waals surface area contributed by atoms with E-state index in [1.165, 1.54) is 16.3 Å². The van der Waals surface area contributed by atoms with E-state index in [0.29, 0.717) is 6.54 Å². The number of nitrogens with zero attached hydrogens (tertiary/aromatic N) is 1. The van der Waals surface area contributed by atoms with Gasteiger partial charge >= 0.3 is 0 Å². The maximum atomic E-state index is 9.55. The van der Waals surface area contributed by atoms with Gasteiger partial charge in [0.25, 0.3) is 0 Å². The van der Waals surface area contributed by atoms with Crippen molar-refractivity contribution >= 4 is 10.8 Å². The number of hydrogen-bond acceptors (Lipinski definition) is 5. The minimum Gasteiger partial charge on any atom is -0.392 e. The lowest BCUT2D eigenvalue weighted by molar-refractivity contribution is -0.253. The van der Waals surface area contributed by atoms with Crippen molar-refractivity contribution in [1.29, 1.82) is 0 Å². The number of aliphatic hydroxyl groups is 1. The molecule has 5 heteroatoms. The third kappa shape index (κ3) is 6.72. The molecular formula is C38H40N2O3. The first-order valence-corrected chi connectivity index (χ1v) is 15.1. The fourth-order valence-electron chi connectivity index (χ4n) is 5.95. The molecule has 0 unspecified atom stereocenters. The van der Waals surface area contributed by atoms with E-state index in [1.54, 1.807) is 0 Å². The summed E-state index contributed by atoms with van der Waals surface area (Å²) in [6.45, 7) is 3.57. The minimum atomic E-state index is -0.491. The zero-order valence-corrected chi connectivity index (χ0v) is 24.9. The summed E-state index contributed by atoms with van der Waals surface area (Å²) in [5.41, 5.74) is 13.5. The number of benzene rings is 5. The molecule has 0 aliphatic carbocycles. The molecule has 5 aromatic rings. The van der Waals surface area contributed by atoms with Gasteiger partial charge in [-0.15, -0.1) is 0 Å². The molecule has 5 nitrogen and oxygen atoms in total. The van der Waals surface area contributed by atoms with Crippen molar-refractivity contribution in [2.45, 2.75) is 51.0 Å². The topological polar surface area (TPSA) is 68.0 Å². The van der Waals surface area contributed by atoms with Crippen molar-refractivity contribution in [1.82, 2.24) is 4.90 Å². The molecule has 0 bridgehead atoms. The number of hydrogen-bond donors (Lipinski definition) is 2. The van der Waals surface area contributed by atoms with Crippen LogP contribution in [0.2, 0.25) is 0 Å². The minimum absolute atomic E-state index is 0.0259. The van der Waals surface area contributed by atoms with Gasteiger partial charge in [-0.1, -0.05) is 103 Å². The van der Waals surface area contributed by atoms with Crippen LogP contribution in [0.3, 0.4) is 0 Å². The van der Waals surface area contributed by atoms with Gasteiger partial charge in [-0.2, -0.15) is 0 Å². The number of likely N-dealkylation sites (N-methyl/N-ethyl adjacent to an activating group) is 1. The number of ether oxygens (including phenoxy) is 2.